The van der Waals surface area contributed by atoms with Crippen LogP contribution in [0.3, 0.4) is 0 Å². The van der Waals surface area contributed by atoms with E-state index >= 15 is 0 Å². The Morgan fingerprint density at radius 3 is 2.81 bits per heavy atom. The lowest BCUT2D eigenvalue weighted by Gasteiger charge is -2.31. The number of likely N-dealkylation sites (tertiary alicyclic amines) is 1. The number of alkyl halides is 3. The van der Waals surface area contributed by atoms with Crippen LogP contribution in [-0.2, 0) is 4.79 Å². The van der Waals surface area contributed by atoms with Crippen molar-refractivity contribution in [2.45, 2.75) is 69.8 Å². The van der Waals surface area contributed by atoms with E-state index in [1.165, 1.54) is 0 Å². The summed E-state index contributed by atoms with van der Waals surface area (Å²) < 4.78 is 41.5. The van der Waals surface area contributed by atoms with E-state index in [9.17, 15) is 18.0 Å². The molecule has 1 aliphatic carbocycles. The number of fused-ring (bicyclic) bond motifs is 1. The lowest BCUT2D eigenvalue weighted by Crippen LogP contribution is -2.38. The number of anilines is 1. The quantitative estimate of drug-likeness (QED) is 0.780. The molecule has 1 aromatic rings. The maximum absolute atomic E-state index is 13.5. The van der Waals surface area contributed by atoms with Crippen LogP contribution in [0.2, 0.25) is 0 Å². The molecule has 0 bridgehead atoms. The number of aromatic nitrogens is 2. The number of rotatable bonds is 2. The molecule has 148 valence electrons. The molecule has 8 heteroatoms. The van der Waals surface area contributed by atoms with Crippen molar-refractivity contribution in [1.29, 1.82) is 0 Å². The van der Waals surface area contributed by atoms with Gasteiger partial charge in [-0.25, -0.2) is 4.68 Å². The fourth-order valence-electron chi connectivity index (χ4n) is 4.53. The Morgan fingerprint density at radius 1 is 1.30 bits per heavy atom. The zero-order valence-corrected chi connectivity index (χ0v) is 15.4. The maximum atomic E-state index is 13.5. The summed E-state index contributed by atoms with van der Waals surface area (Å²) in [6, 6.07) is -0.422. The summed E-state index contributed by atoms with van der Waals surface area (Å²) in [5.41, 5.74) is 0.568. The Labute approximate surface area is 156 Å². The summed E-state index contributed by atoms with van der Waals surface area (Å²) in [6.07, 6.45) is 3.86. The highest BCUT2D eigenvalue weighted by Gasteiger charge is 2.46. The number of halogens is 3. The molecule has 27 heavy (non-hydrogen) atoms. The molecule has 3 aliphatic rings. The SMILES string of the molecule is C[C@@H]1C[C@H](C(F)(F)F)n2nc([C@@H]3CCCN3C(=O)[C@H]3CC=CCC3)cc2N1. The number of amides is 1. The van der Waals surface area contributed by atoms with Gasteiger partial charge < -0.3 is 10.2 Å². The minimum atomic E-state index is -4.34. The number of allylic oxidation sites excluding steroid dienone is 2. The van der Waals surface area contributed by atoms with Gasteiger partial charge in [0.15, 0.2) is 6.04 Å². The number of carbonyl (C=O) groups excluding carboxylic acids is 1. The monoisotopic (exact) mass is 382 g/mol. The van der Waals surface area contributed by atoms with Crippen LogP contribution >= 0.6 is 0 Å². The molecule has 0 spiro atoms. The largest absolute Gasteiger partial charge is 0.410 e. The molecule has 0 saturated carbocycles. The number of nitrogens with zero attached hydrogens (tertiary/aromatic N) is 3. The van der Waals surface area contributed by atoms with Gasteiger partial charge in [0.05, 0.1) is 11.7 Å². The van der Waals surface area contributed by atoms with E-state index in [0.717, 1.165) is 36.8 Å². The van der Waals surface area contributed by atoms with E-state index in [0.29, 0.717) is 18.1 Å². The van der Waals surface area contributed by atoms with Crippen molar-refractivity contribution in [2.75, 3.05) is 11.9 Å². The maximum Gasteiger partial charge on any atom is 0.410 e. The third-order valence-electron chi connectivity index (χ3n) is 5.89. The normalized spacial score (nSPS) is 30.9. The van der Waals surface area contributed by atoms with E-state index in [1.807, 2.05) is 11.0 Å². The molecule has 0 unspecified atom stereocenters. The van der Waals surface area contributed by atoms with E-state index in [-0.39, 0.29) is 30.3 Å². The Bertz CT molecular complexity index is 742. The van der Waals surface area contributed by atoms with Crippen molar-refractivity contribution in [3.05, 3.63) is 23.9 Å². The van der Waals surface area contributed by atoms with Gasteiger partial charge in [-0.1, -0.05) is 12.2 Å². The summed E-state index contributed by atoms with van der Waals surface area (Å²) in [5.74, 6) is 0.487. The minimum absolute atomic E-state index is 0.0195. The van der Waals surface area contributed by atoms with Gasteiger partial charge in [-0.3, -0.25) is 4.79 Å². The van der Waals surface area contributed by atoms with Gasteiger partial charge in [0.1, 0.15) is 5.82 Å². The lowest BCUT2D eigenvalue weighted by molar-refractivity contribution is -0.173. The molecule has 2 aliphatic heterocycles. The lowest BCUT2D eigenvalue weighted by atomic mass is 9.92. The predicted octanol–water partition coefficient (Wildman–Crippen LogP) is 4.21. The van der Waals surface area contributed by atoms with Crippen LogP contribution in [0.25, 0.3) is 0 Å². The van der Waals surface area contributed by atoms with E-state index in [4.69, 9.17) is 0 Å². The highest BCUT2D eigenvalue weighted by molar-refractivity contribution is 5.80. The molecule has 1 N–H and O–H groups in total. The number of carbonyl (C=O) groups is 1. The highest BCUT2D eigenvalue weighted by atomic mass is 19.4. The second-order valence-electron chi connectivity index (χ2n) is 7.91. The number of hydrogen-bond donors (Lipinski definition) is 1. The van der Waals surface area contributed by atoms with Crippen LogP contribution in [0.15, 0.2) is 18.2 Å². The summed E-state index contributed by atoms with van der Waals surface area (Å²) in [6.45, 7) is 2.40. The van der Waals surface area contributed by atoms with Gasteiger partial charge in [-0.05, 0) is 45.4 Å². The topological polar surface area (TPSA) is 50.2 Å². The molecule has 4 rings (SSSR count). The average molecular weight is 382 g/mol. The zero-order chi connectivity index (χ0) is 19.2. The van der Waals surface area contributed by atoms with Crippen LogP contribution in [0, 0.1) is 5.92 Å². The van der Waals surface area contributed by atoms with Gasteiger partial charge in [0.2, 0.25) is 5.91 Å². The molecule has 1 fully saturated rings. The third kappa shape index (κ3) is 3.46. The van der Waals surface area contributed by atoms with Crippen molar-refractivity contribution in [3.63, 3.8) is 0 Å². The molecule has 4 atom stereocenters. The van der Waals surface area contributed by atoms with Gasteiger partial charge >= 0.3 is 6.18 Å². The van der Waals surface area contributed by atoms with E-state index < -0.39 is 12.2 Å². The summed E-state index contributed by atoms with van der Waals surface area (Å²) in [4.78, 5) is 14.8. The number of hydrogen-bond acceptors (Lipinski definition) is 3. The smallest absolute Gasteiger partial charge is 0.368 e. The second-order valence-corrected chi connectivity index (χ2v) is 7.91. The molecular formula is C19H25F3N4O. The van der Waals surface area contributed by atoms with Crippen molar-refractivity contribution in [2.24, 2.45) is 5.92 Å². The van der Waals surface area contributed by atoms with Crippen LogP contribution in [0.1, 0.15) is 63.2 Å². The predicted molar refractivity (Wildman–Crippen MR) is 95.2 cm³/mol. The first-order valence-electron chi connectivity index (χ1n) is 9.72. The average Bonchev–Trinajstić information content (AvgIpc) is 3.26. The van der Waals surface area contributed by atoms with Crippen LogP contribution in [0.5, 0.6) is 0 Å². The molecule has 0 radical (unpaired) electrons. The molecule has 5 nitrogen and oxygen atoms in total. The Balaban J connectivity index is 1.60. The van der Waals surface area contributed by atoms with Crippen molar-refractivity contribution in [3.8, 4) is 0 Å². The summed E-state index contributed by atoms with van der Waals surface area (Å²) >= 11 is 0. The zero-order valence-electron chi connectivity index (χ0n) is 15.4. The Morgan fingerprint density at radius 2 is 2.11 bits per heavy atom. The second kappa shape index (κ2) is 6.87. The van der Waals surface area contributed by atoms with E-state index in [2.05, 4.69) is 16.5 Å². The van der Waals surface area contributed by atoms with Crippen LogP contribution < -0.4 is 5.32 Å². The fraction of sp³-hybridized carbons (Fsp3) is 0.684. The van der Waals surface area contributed by atoms with Gasteiger partial charge in [0, 0.05) is 24.6 Å². The third-order valence-corrected chi connectivity index (χ3v) is 5.89. The molecule has 3 heterocycles. The van der Waals surface area contributed by atoms with Crippen molar-refractivity contribution < 1.29 is 18.0 Å². The van der Waals surface area contributed by atoms with Crippen LogP contribution in [-0.4, -0.2) is 39.4 Å². The van der Waals surface area contributed by atoms with Crippen molar-refractivity contribution >= 4 is 11.7 Å². The Kier molecular flexibility index (Phi) is 4.68. The molecule has 1 aromatic heterocycles. The van der Waals surface area contributed by atoms with Gasteiger partial charge in [0.25, 0.3) is 0 Å². The first kappa shape index (κ1) is 18.4. The van der Waals surface area contributed by atoms with E-state index in [1.54, 1.807) is 13.0 Å². The first-order chi connectivity index (χ1) is 12.8. The van der Waals surface area contributed by atoms with Crippen LogP contribution in [0.4, 0.5) is 19.0 Å². The van der Waals surface area contributed by atoms with Gasteiger partial charge in [-0.2, -0.15) is 18.3 Å². The highest BCUT2D eigenvalue weighted by Crippen LogP contribution is 2.42. The standard InChI is InChI=1S/C19H25F3N4O/c1-12-10-16(19(20,21)22)26-17(23-12)11-14(24-26)15-8-5-9-25(15)18(27)13-6-3-2-4-7-13/h2-3,11-13,15-16,23H,4-10H2,1H3/t12-,13+,15+,16-/m1/s1. The first-order valence-corrected chi connectivity index (χ1v) is 9.72. The van der Waals surface area contributed by atoms with Crippen molar-refractivity contribution in [1.82, 2.24) is 14.7 Å². The molecular weight excluding hydrogens is 357 g/mol. The Hall–Kier alpha value is -1.99. The fourth-order valence-corrected chi connectivity index (χ4v) is 4.53. The molecule has 1 saturated heterocycles. The molecule has 1 amide bonds. The number of nitrogens with one attached hydrogen (secondary N) is 1. The molecule has 0 aromatic carbocycles. The van der Waals surface area contributed by atoms with Gasteiger partial charge in [-0.15, -0.1) is 0 Å². The summed E-state index contributed by atoms with van der Waals surface area (Å²) in [7, 11) is 0. The minimum Gasteiger partial charge on any atom is -0.368 e. The summed E-state index contributed by atoms with van der Waals surface area (Å²) in [5, 5.41) is 7.42.